The summed E-state index contributed by atoms with van der Waals surface area (Å²) < 4.78 is 68.8. The Bertz CT molecular complexity index is 2030. The molecule has 0 aliphatic carbocycles. The van der Waals surface area contributed by atoms with Crippen molar-refractivity contribution in [2.24, 2.45) is 11.8 Å². The van der Waals surface area contributed by atoms with E-state index in [1.165, 1.54) is 270 Å². The van der Waals surface area contributed by atoms with Crippen molar-refractivity contribution in [3.05, 3.63) is 0 Å². The lowest BCUT2D eigenvalue weighted by atomic mass is 10.0. The van der Waals surface area contributed by atoms with Gasteiger partial charge in [0.1, 0.15) is 19.3 Å². The van der Waals surface area contributed by atoms with Gasteiger partial charge in [-0.3, -0.25) is 37.3 Å². The van der Waals surface area contributed by atoms with Crippen molar-refractivity contribution in [1.82, 2.24) is 0 Å². The summed E-state index contributed by atoms with van der Waals surface area (Å²) in [5.74, 6) is -0.491. The van der Waals surface area contributed by atoms with Gasteiger partial charge >= 0.3 is 39.5 Å². The number of hydrogen-bond donors (Lipinski definition) is 3. The van der Waals surface area contributed by atoms with Crippen LogP contribution in [0.15, 0.2) is 0 Å². The van der Waals surface area contributed by atoms with Crippen molar-refractivity contribution < 1.29 is 80.2 Å². The minimum absolute atomic E-state index is 0.107. The average Bonchev–Trinajstić information content (AvgIpc) is 0.914. The Morgan fingerprint density at radius 3 is 0.642 bits per heavy atom. The van der Waals surface area contributed by atoms with Crippen LogP contribution in [0.2, 0.25) is 0 Å². The van der Waals surface area contributed by atoms with Crippen LogP contribution in [-0.4, -0.2) is 96.7 Å². The smallest absolute Gasteiger partial charge is 0.462 e. The van der Waals surface area contributed by atoms with Crippen LogP contribution >= 0.6 is 15.6 Å². The van der Waals surface area contributed by atoms with Crippen LogP contribution < -0.4 is 0 Å². The summed E-state index contributed by atoms with van der Waals surface area (Å²) in [6.45, 7) is 9.69. The minimum atomic E-state index is -4.97. The zero-order chi connectivity index (χ0) is 77.8. The predicted molar refractivity (Wildman–Crippen MR) is 437 cm³/mol. The van der Waals surface area contributed by atoms with Crippen molar-refractivity contribution in [2.75, 3.05) is 39.6 Å². The normalized spacial score (nSPS) is 13.8. The number of aliphatic hydroxyl groups excluding tert-OH is 1. The first-order valence-electron chi connectivity index (χ1n) is 45.0. The number of esters is 4. The third-order valence-corrected chi connectivity index (χ3v) is 22.4. The Hall–Kier alpha value is -1.94. The summed E-state index contributed by atoms with van der Waals surface area (Å²) in [7, 11) is -9.92. The molecular weight excluding hydrogens is 1380 g/mol. The van der Waals surface area contributed by atoms with Crippen LogP contribution in [0.25, 0.3) is 0 Å². The molecule has 0 bridgehead atoms. The number of carbonyl (C=O) groups is 4. The maximum atomic E-state index is 13.1. The molecule has 630 valence electrons. The minimum Gasteiger partial charge on any atom is -0.462 e. The Labute approximate surface area is 651 Å². The highest BCUT2D eigenvalue weighted by Crippen LogP contribution is 2.45. The second-order valence-electron chi connectivity index (χ2n) is 32.2. The lowest BCUT2D eigenvalue weighted by Gasteiger charge is -2.21. The van der Waals surface area contributed by atoms with E-state index in [-0.39, 0.29) is 25.7 Å². The first-order valence-corrected chi connectivity index (χ1v) is 48.0. The number of phosphoric ester groups is 2. The fourth-order valence-corrected chi connectivity index (χ4v) is 15.2. The van der Waals surface area contributed by atoms with Crippen LogP contribution in [0.4, 0.5) is 0 Å². The molecule has 0 spiro atoms. The molecule has 0 heterocycles. The van der Waals surface area contributed by atoms with E-state index in [0.29, 0.717) is 25.7 Å². The van der Waals surface area contributed by atoms with Gasteiger partial charge in [0.05, 0.1) is 26.4 Å². The largest absolute Gasteiger partial charge is 0.472 e. The quantitative estimate of drug-likeness (QED) is 0.0222. The molecule has 0 saturated heterocycles. The van der Waals surface area contributed by atoms with E-state index < -0.39 is 97.5 Å². The number of phosphoric acid groups is 2. The van der Waals surface area contributed by atoms with Crippen molar-refractivity contribution in [1.29, 1.82) is 0 Å². The SMILES string of the molecule is CCCCCCCCCCCCCCCCCCCCCCCC(=O)OC[C@H](COP(=O)(O)OC[C@@H](O)COP(=O)(O)OC[C@@H](COC(=O)CCCCCCCCC)OC(=O)CCCCCCCCCCCCCCCCC(C)C)OC(=O)CCCCCCCCCCCCCCCCCCCCC(C)C. The third-order valence-electron chi connectivity index (χ3n) is 20.5. The molecule has 5 atom stereocenters. The predicted octanol–water partition coefficient (Wildman–Crippen LogP) is 26.6. The van der Waals surface area contributed by atoms with Gasteiger partial charge in [-0.25, -0.2) is 9.13 Å². The monoisotopic (exact) mass is 1550 g/mol. The number of ether oxygens (including phenoxy) is 4. The van der Waals surface area contributed by atoms with Gasteiger partial charge in [-0.1, -0.05) is 414 Å². The number of unbranched alkanes of at least 4 members (excludes halogenated alkanes) is 56. The summed E-state index contributed by atoms with van der Waals surface area (Å²) in [5.41, 5.74) is 0. The van der Waals surface area contributed by atoms with Gasteiger partial charge in [0, 0.05) is 25.7 Å². The van der Waals surface area contributed by atoms with Gasteiger partial charge in [0.25, 0.3) is 0 Å². The van der Waals surface area contributed by atoms with E-state index in [0.717, 1.165) is 115 Å². The van der Waals surface area contributed by atoms with Gasteiger partial charge in [-0.2, -0.15) is 0 Å². The summed E-state index contributed by atoms with van der Waals surface area (Å²) in [4.78, 5) is 73.1. The summed E-state index contributed by atoms with van der Waals surface area (Å²) >= 11 is 0. The first kappa shape index (κ1) is 104. The summed E-state index contributed by atoms with van der Waals surface area (Å²) in [5, 5.41) is 10.7. The maximum absolute atomic E-state index is 13.1. The molecule has 0 radical (unpaired) electrons. The van der Waals surface area contributed by atoms with Gasteiger partial charge in [0.2, 0.25) is 0 Å². The fraction of sp³-hybridized carbons (Fsp3) is 0.954. The fourth-order valence-electron chi connectivity index (χ4n) is 13.6. The molecule has 2 unspecified atom stereocenters. The zero-order valence-electron chi connectivity index (χ0n) is 69.7. The highest BCUT2D eigenvalue weighted by atomic mass is 31.2. The van der Waals surface area contributed by atoms with Gasteiger partial charge in [-0.05, 0) is 37.5 Å². The molecule has 106 heavy (non-hydrogen) atoms. The van der Waals surface area contributed by atoms with Crippen molar-refractivity contribution in [3.8, 4) is 0 Å². The summed E-state index contributed by atoms with van der Waals surface area (Å²) in [6.07, 6.45) is 71.1. The lowest BCUT2D eigenvalue weighted by Crippen LogP contribution is -2.30. The Morgan fingerprint density at radius 2 is 0.434 bits per heavy atom. The molecule has 0 saturated carbocycles. The van der Waals surface area contributed by atoms with Crippen LogP contribution in [0.1, 0.15) is 465 Å². The standard InChI is InChI=1S/C87H170O17P2/c1-7-9-11-13-15-16-17-18-19-20-21-22-23-27-30-36-41-46-52-58-64-70-85(90)98-76-83(104-87(92)72-65-59-53-47-42-37-31-28-25-24-26-29-34-39-44-50-55-61-67-79(3)4)78-102-106(95,96)100-74-81(88)73-99-105(93,94)101-77-82(75-97-84(89)69-63-57-49-14-12-10-8-2)103-86(91)71-66-60-54-48-43-38-33-32-35-40-45-51-56-62-68-80(5)6/h79-83,88H,7-78H2,1-6H3,(H,93,94)(H,95,96)/t81-,82+,83+/m0/s1. The van der Waals surface area contributed by atoms with Crippen molar-refractivity contribution in [3.63, 3.8) is 0 Å². The summed E-state index contributed by atoms with van der Waals surface area (Å²) in [6, 6.07) is 0. The average molecular weight is 1550 g/mol. The molecule has 19 heteroatoms. The van der Waals surface area contributed by atoms with Crippen LogP contribution in [-0.2, 0) is 65.4 Å². The van der Waals surface area contributed by atoms with Gasteiger partial charge in [-0.15, -0.1) is 0 Å². The van der Waals surface area contributed by atoms with E-state index in [9.17, 15) is 43.2 Å². The van der Waals surface area contributed by atoms with E-state index in [1.54, 1.807) is 0 Å². The van der Waals surface area contributed by atoms with Gasteiger partial charge < -0.3 is 33.8 Å². The van der Waals surface area contributed by atoms with Crippen molar-refractivity contribution in [2.45, 2.75) is 484 Å². The second kappa shape index (κ2) is 78.3. The molecule has 0 aliphatic rings. The molecule has 3 N–H and O–H groups in total. The topological polar surface area (TPSA) is 237 Å². The Kier molecular flexibility index (Phi) is 76.9. The zero-order valence-corrected chi connectivity index (χ0v) is 71.5. The number of carbonyl (C=O) groups excluding carboxylic acids is 4. The Balaban J connectivity index is 5.15. The molecule has 0 amide bonds. The molecule has 0 aliphatic heterocycles. The van der Waals surface area contributed by atoms with E-state index in [4.69, 9.17) is 37.0 Å². The molecule has 0 aromatic rings. The maximum Gasteiger partial charge on any atom is 0.472 e. The number of aliphatic hydroxyl groups is 1. The third kappa shape index (κ3) is 80.1. The van der Waals surface area contributed by atoms with E-state index in [1.807, 2.05) is 0 Å². The first-order chi connectivity index (χ1) is 51.4. The number of rotatable bonds is 86. The van der Waals surface area contributed by atoms with E-state index in [2.05, 4.69) is 41.5 Å². The molecule has 0 fully saturated rings. The highest BCUT2D eigenvalue weighted by molar-refractivity contribution is 7.47. The second-order valence-corrected chi connectivity index (χ2v) is 35.1. The van der Waals surface area contributed by atoms with Crippen LogP contribution in [0.3, 0.4) is 0 Å². The molecule has 17 nitrogen and oxygen atoms in total. The number of hydrogen-bond acceptors (Lipinski definition) is 15. The van der Waals surface area contributed by atoms with E-state index >= 15 is 0 Å². The van der Waals surface area contributed by atoms with Crippen LogP contribution in [0, 0.1) is 11.8 Å². The van der Waals surface area contributed by atoms with Gasteiger partial charge in [0.15, 0.2) is 12.2 Å². The molecule has 0 rings (SSSR count). The highest BCUT2D eigenvalue weighted by Gasteiger charge is 2.30. The molecule has 0 aromatic carbocycles. The van der Waals surface area contributed by atoms with Crippen LogP contribution in [0.5, 0.6) is 0 Å². The lowest BCUT2D eigenvalue weighted by molar-refractivity contribution is -0.161. The molecule has 0 aromatic heterocycles. The Morgan fingerprint density at radius 1 is 0.255 bits per heavy atom. The van der Waals surface area contributed by atoms with Crippen molar-refractivity contribution >= 4 is 39.5 Å². The molecular formula is C87H170O17P2.